The molecule has 0 aromatic carbocycles. The van der Waals surface area contributed by atoms with Crippen molar-refractivity contribution in [1.29, 1.82) is 0 Å². The van der Waals surface area contributed by atoms with E-state index < -0.39 is 5.60 Å². The Morgan fingerprint density at radius 1 is 1.00 bits per heavy atom. The van der Waals surface area contributed by atoms with Gasteiger partial charge in [0.2, 0.25) is 0 Å². The predicted molar refractivity (Wildman–Crippen MR) is 97.9 cm³/mol. The van der Waals surface area contributed by atoms with Gasteiger partial charge >= 0.3 is 0 Å². The fourth-order valence-electron chi connectivity index (χ4n) is 8.33. The number of aliphatic hydroxyl groups excluding tert-OH is 1. The Morgan fingerprint density at radius 3 is 2.40 bits per heavy atom. The molecule has 0 bridgehead atoms. The molecule has 0 aromatic rings. The fraction of sp³-hybridized carbons (Fsp3) is 0.955. The zero-order chi connectivity index (χ0) is 18.2. The van der Waals surface area contributed by atoms with Gasteiger partial charge in [-0.25, -0.2) is 0 Å². The molecule has 0 unspecified atom stereocenters. The Bertz CT molecular complexity index is 574. The van der Waals surface area contributed by atoms with Crippen LogP contribution in [-0.2, 0) is 4.79 Å². The number of Topliss-reactive ketones (excluding diaryl/α,β-unsaturated/α-hetero) is 1. The molecule has 2 N–H and O–H groups in total. The molecule has 3 heteroatoms. The summed E-state index contributed by atoms with van der Waals surface area (Å²) < 4.78 is 0. The molecule has 0 saturated heterocycles. The van der Waals surface area contributed by atoms with Crippen molar-refractivity contribution in [2.75, 3.05) is 0 Å². The summed E-state index contributed by atoms with van der Waals surface area (Å²) in [5.74, 6) is 2.53. The van der Waals surface area contributed by atoms with E-state index in [1.54, 1.807) is 6.92 Å². The van der Waals surface area contributed by atoms with Crippen LogP contribution < -0.4 is 0 Å². The van der Waals surface area contributed by atoms with E-state index >= 15 is 0 Å². The van der Waals surface area contributed by atoms with E-state index in [2.05, 4.69) is 20.8 Å². The van der Waals surface area contributed by atoms with Crippen LogP contribution in [0.5, 0.6) is 0 Å². The molecule has 4 rings (SSSR count). The monoisotopic (exact) mass is 348 g/mol. The molecule has 0 heterocycles. The van der Waals surface area contributed by atoms with Gasteiger partial charge in [0.1, 0.15) is 5.60 Å². The second-order valence-electron chi connectivity index (χ2n) is 10.5. The predicted octanol–water partition coefficient (Wildman–Crippen LogP) is 3.96. The van der Waals surface area contributed by atoms with E-state index in [9.17, 15) is 15.0 Å². The maximum absolute atomic E-state index is 12.4. The molecular weight excluding hydrogens is 312 g/mol. The maximum Gasteiger partial charge on any atom is 0.162 e. The Balaban J connectivity index is 1.67. The summed E-state index contributed by atoms with van der Waals surface area (Å²) in [5.41, 5.74) is -1.04. The number of rotatable bonds is 1. The van der Waals surface area contributed by atoms with Crippen molar-refractivity contribution in [2.45, 2.75) is 90.8 Å². The Morgan fingerprint density at radius 2 is 1.72 bits per heavy atom. The highest BCUT2D eigenvalue weighted by Gasteiger charge is 2.68. The van der Waals surface area contributed by atoms with Crippen molar-refractivity contribution in [2.24, 2.45) is 40.4 Å². The van der Waals surface area contributed by atoms with Crippen molar-refractivity contribution >= 4 is 5.78 Å². The fourth-order valence-corrected chi connectivity index (χ4v) is 8.33. The lowest BCUT2D eigenvalue weighted by molar-refractivity contribution is -0.175. The highest BCUT2D eigenvalue weighted by Crippen LogP contribution is 2.69. The highest BCUT2D eigenvalue weighted by atomic mass is 16.3. The topological polar surface area (TPSA) is 57.5 Å². The largest absolute Gasteiger partial charge is 0.393 e. The summed E-state index contributed by atoms with van der Waals surface area (Å²) >= 11 is 0. The highest BCUT2D eigenvalue weighted by molar-refractivity contribution is 5.86. The number of carbonyl (C=O) groups excluding carboxylic acids is 1. The molecule has 3 nitrogen and oxygen atoms in total. The van der Waals surface area contributed by atoms with Crippen molar-refractivity contribution in [3.05, 3.63) is 0 Å². The summed E-state index contributed by atoms with van der Waals surface area (Å²) in [4.78, 5) is 12.4. The molecule has 0 aromatic heterocycles. The first-order chi connectivity index (χ1) is 11.6. The SMILES string of the molecule is CC(=O)[C@]1(O)[C@H](C)C[C@H]2[C@@H]3CC[C@@H]4C[C@H](O)CC[C@]4(C)[C@@H]3CC[C@]21C. The van der Waals surface area contributed by atoms with E-state index in [4.69, 9.17) is 0 Å². The lowest BCUT2D eigenvalue weighted by Crippen LogP contribution is -2.59. The zero-order valence-electron chi connectivity index (χ0n) is 16.4. The van der Waals surface area contributed by atoms with Gasteiger partial charge in [-0.1, -0.05) is 20.8 Å². The van der Waals surface area contributed by atoms with Crippen LogP contribution in [0.4, 0.5) is 0 Å². The zero-order valence-corrected chi connectivity index (χ0v) is 16.4. The quantitative estimate of drug-likeness (QED) is 0.754. The molecule has 0 spiro atoms. The average Bonchev–Trinajstić information content (AvgIpc) is 2.77. The van der Waals surface area contributed by atoms with Crippen LogP contribution in [-0.4, -0.2) is 27.7 Å². The van der Waals surface area contributed by atoms with Gasteiger partial charge < -0.3 is 10.2 Å². The van der Waals surface area contributed by atoms with Crippen LogP contribution in [0.3, 0.4) is 0 Å². The van der Waals surface area contributed by atoms with Crippen LogP contribution in [0.2, 0.25) is 0 Å². The second-order valence-corrected chi connectivity index (χ2v) is 10.5. The third-order valence-corrected chi connectivity index (χ3v) is 9.76. The first-order valence-electron chi connectivity index (χ1n) is 10.6. The van der Waals surface area contributed by atoms with Crippen molar-refractivity contribution in [1.82, 2.24) is 0 Å². The third kappa shape index (κ3) is 2.15. The van der Waals surface area contributed by atoms with Crippen LogP contribution in [0, 0.1) is 40.4 Å². The van der Waals surface area contributed by atoms with Crippen LogP contribution >= 0.6 is 0 Å². The normalized spacial score (nSPS) is 58.2. The smallest absolute Gasteiger partial charge is 0.162 e. The molecule has 9 atom stereocenters. The molecule has 0 radical (unpaired) electrons. The molecule has 0 aliphatic heterocycles. The summed E-state index contributed by atoms with van der Waals surface area (Å²) in [5, 5.41) is 21.6. The molecule has 0 amide bonds. The van der Waals surface area contributed by atoms with Crippen LogP contribution in [0.1, 0.15) is 79.1 Å². The van der Waals surface area contributed by atoms with Crippen molar-refractivity contribution < 1.29 is 15.0 Å². The summed E-state index contributed by atoms with van der Waals surface area (Å²) in [6.07, 6.45) is 8.53. The van der Waals surface area contributed by atoms with Crippen molar-refractivity contribution in [3.8, 4) is 0 Å². The van der Waals surface area contributed by atoms with Gasteiger partial charge in [-0.05, 0) is 93.3 Å². The lowest BCUT2D eigenvalue weighted by Gasteiger charge is -2.61. The Labute approximate surface area is 152 Å². The number of fused-ring (bicyclic) bond motifs is 5. The standard InChI is InChI=1S/C22H36O3/c1-13-11-19-17-6-5-15-12-16(24)7-9-20(15,3)18(17)8-10-21(19,4)22(13,25)14(2)23/h13,15-19,24-25H,5-12H2,1-4H3/t13-,15-,16-,17-,18-,19+,20+,21-,22-/m1/s1. The number of hydrogen-bond acceptors (Lipinski definition) is 3. The van der Waals surface area contributed by atoms with Crippen LogP contribution in [0.15, 0.2) is 0 Å². The van der Waals surface area contributed by atoms with Gasteiger partial charge in [0.05, 0.1) is 6.10 Å². The van der Waals surface area contributed by atoms with E-state index in [0.717, 1.165) is 38.5 Å². The molecule has 4 aliphatic carbocycles. The first kappa shape index (κ1) is 18.0. The minimum atomic E-state index is -1.14. The van der Waals surface area contributed by atoms with Gasteiger partial charge in [-0.15, -0.1) is 0 Å². The molecule has 4 saturated carbocycles. The molecule has 25 heavy (non-hydrogen) atoms. The van der Waals surface area contributed by atoms with Gasteiger partial charge in [0.15, 0.2) is 5.78 Å². The van der Waals surface area contributed by atoms with E-state index in [1.165, 1.54) is 12.8 Å². The van der Waals surface area contributed by atoms with Gasteiger partial charge in [0.25, 0.3) is 0 Å². The Hall–Kier alpha value is -0.410. The molecule has 4 fully saturated rings. The third-order valence-electron chi connectivity index (χ3n) is 9.76. The van der Waals surface area contributed by atoms with E-state index in [1.807, 2.05) is 0 Å². The minimum absolute atomic E-state index is 0.0239. The van der Waals surface area contributed by atoms with E-state index in [-0.39, 0.29) is 23.2 Å². The first-order valence-corrected chi connectivity index (χ1v) is 10.6. The number of ketones is 1. The van der Waals surface area contributed by atoms with Crippen LogP contribution in [0.25, 0.3) is 0 Å². The van der Waals surface area contributed by atoms with E-state index in [0.29, 0.717) is 29.1 Å². The summed E-state index contributed by atoms with van der Waals surface area (Å²) in [6, 6.07) is 0. The molecule has 142 valence electrons. The van der Waals surface area contributed by atoms with Gasteiger partial charge in [-0.2, -0.15) is 0 Å². The van der Waals surface area contributed by atoms with Crippen molar-refractivity contribution in [3.63, 3.8) is 0 Å². The molecular formula is C22H36O3. The number of hydrogen-bond donors (Lipinski definition) is 2. The Kier molecular flexibility index (Phi) is 3.99. The maximum atomic E-state index is 12.4. The second kappa shape index (κ2) is 5.55. The lowest BCUT2D eigenvalue weighted by atomic mass is 9.44. The summed E-state index contributed by atoms with van der Waals surface area (Å²) in [6.45, 7) is 8.37. The number of carbonyl (C=O) groups is 1. The molecule has 4 aliphatic rings. The van der Waals surface area contributed by atoms with Gasteiger partial charge in [0, 0.05) is 5.41 Å². The average molecular weight is 349 g/mol. The van der Waals surface area contributed by atoms with Gasteiger partial charge in [-0.3, -0.25) is 4.79 Å². The minimum Gasteiger partial charge on any atom is -0.393 e. The number of aliphatic hydroxyl groups is 2. The summed E-state index contributed by atoms with van der Waals surface area (Å²) in [7, 11) is 0.